The van der Waals surface area contributed by atoms with Gasteiger partial charge >= 0.3 is 5.69 Å². The summed E-state index contributed by atoms with van der Waals surface area (Å²) in [5, 5.41) is 9.12. The van der Waals surface area contributed by atoms with Crippen molar-refractivity contribution in [1.29, 1.82) is 5.26 Å². The third kappa shape index (κ3) is 9.86. The lowest BCUT2D eigenvalue weighted by atomic mass is 10.1. The predicted octanol–water partition coefficient (Wildman–Crippen LogP) is 4.58. The fourth-order valence-electron chi connectivity index (χ4n) is 5.19. The zero-order chi connectivity index (χ0) is 32.2. The molecule has 2 aromatic rings. The Labute approximate surface area is 260 Å². The minimum Gasteiger partial charge on any atom is -0.370 e. The molecule has 3 heterocycles. The molecule has 3 rings (SSSR count). The van der Waals surface area contributed by atoms with Crippen LogP contribution in [0.2, 0.25) is 0 Å². The number of carbonyl (C=O) groups is 1. The molecule has 44 heavy (non-hydrogen) atoms. The Morgan fingerprint density at radius 2 is 1.93 bits per heavy atom. The summed E-state index contributed by atoms with van der Waals surface area (Å²) in [5.74, 6) is 0.0610. The summed E-state index contributed by atoms with van der Waals surface area (Å²) in [6.45, 7) is 12.1. The van der Waals surface area contributed by atoms with Crippen LogP contribution in [-0.4, -0.2) is 68.6 Å². The molecule has 12 nitrogen and oxygen atoms in total. The van der Waals surface area contributed by atoms with Crippen molar-refractivity contribution in [2.24, 2.45) is 0 Å². The van der Waals surface area contributed by atoms with Crippen LogP contribution in [0.3, 0.4) is 0 Å². The lowest BCUT2D eigenvalue weighted by Gasteiger charge is -2.38. The zero-order valence-corrected chi connectivity index (χ0v) is 27.5. The molecule has 0 radical (unpaired) electrons. The summed E-state index contributed by atoms with van der Waals surface area (Å²) >= 11 is 0. The van der Waals surface area contributed by atoms with Crippen LogP contribution in [0.15, 0.2) is 40.2 Å². The van der Waals surface area contributed by atoms with Crippen molar-refractivity contribution in [2.75, 3.05) is 13.2 Å². The number of hydrogen-bond donors (Lipinski definition) is 1. The van der Waals surface area contributed by atoms with E-state index >= 15 is 0 Å². The highest BCUT2D eigenvalue weighted by molar-refractivity contribution is 7.44. The van der Waals surface area contributed by atoms with Gasteiger partial charge in [0.2, 0.25) is 0 Å². The molecule has 0 aromatic carbocycles. The van der Waals surface area contributed by atoms with Crippen molar-refractivity contribution in [3.8, 4) is 6.07 Å². The molecule has 0 saturated carbocycles. The number of rotatable bonds is 18. The minimum absolute atomic E-state index is 0.0610. The zero-order valence-electron chi connectivity index (χ0n) is 26.6. The highest BCUT2D eigenvalue weighted by Gasteiger charge is 2.49. The van der Waals surface area contributed by atoms with Gasteiger partial charge in [-0.3, -0.25) is 24.1 Å². The number of hydrogen-bond acceptors (Lipinski definition) is 10. The number of aromatic nitrogens is 3. The lowest BCUT2D eigenvalue weighted by molar-refractivity contribution is -0.122. The Morgan fingerprint density at radius 1 is 1.18 bits per heavy atom. The van der Waals surface area contributed by atoms with Gasteiger partial charge in [-0.1, -0.05) is 13.0 Å². The van der Waals surface area contributed by atoms with Gasteiger partial charge in [0.1, 0.15) is 18.0 Å². The standard InChI is InChI=1S/C31H46N5O7P/c1-7-26-27(43-44(41-18-11-16-32)36(21(2)3)22(4)5)28(30(42-26)35-20-23(6)29(38)34-31(35)39)40-19-15-25(37)14-10-13-24-12-8-9-17-33-24/h8-9,12,17,20-22,26-28,30H,7,10-11,13-15,18-19H2,1-6H3,(H,34,38,39)/t26-,27?,28+,30-,44?/m1/s1. The second-order valence-electron chi connectivity index (χ2n) is 11.4. The number of aromatic amines is 1. The predicted molar refractivity (Wildman–Crippen MR) is 167 cm³/mol. The van der Waals surface area contributed by atoms with Crippen LogP contribution in [0, 0.1) is 18.3 Å². The van der Waals surface area contributed by atoms with Gasteiger partial charge in [-0.25, -0.2) is 9.46 Å². The summed E-state index contributed by atoms with van der Waals surface area (Å²) in [6, 6.07) is 7.99. The Morgan fingerprint density at radius 3 is 2.57 bits per heavy atom. The van der Waals surface area contributed by atoms with Crippen molar-refractivity contribution >= 4 is 14.3 Å². The minimum atomic E-state index is -1.65. The van der Waals surface area contributed by atoms with Crippen molar-refractivity contribution in [1.82, 2.24) is 19.2 Å². The maximum atomic E-state index is 12.9. The first-order chi connectivity index (χ1) is 21.1. The molecule has 0 amide bonds. The number of ether oxygens (including phenoxy) is 2. The van der Waals surface area contributed by atoms with Crippen molar-refractivity contribution in [3.63, 3.8) is 0 Å². The monoisotopic (exact) mass is 631 g/mol. The molecule has 2 aromatic heterocycles. The molecule has 242 valence electrons. The Balaban J connectivity index is 1.83. The first-order valence-electron chi connectivity index (χ1n) is 15.3. The number of nitrogens with one attached hydrogen (secondary N) is 1. The first-order valence-corrected chi connectivity index (χ1v) is 16.5. The van der Waals surface area contributed by atoms with Gasteiger partial charge in [0.05, 0.1) is 31.8 Å². The average Bonchev–Trinajstić information content (AvgIpc) is 3.31. The van der Waals surface area contributed by atoms with E-state index in [9.17, 15) is 14.4 Å². The number of carbonyl (C=O) groups excluding carboxylic acids is 1. The van der Waals surface area contributed by atoms with Gasteiger partial charge in [0, 0.05) is 48.6 Å². The molecule has 0 spiro atoms. The molecular weight excluding hydrogens is 585 g/mol. The summed E-state index contributed by atoms with van der Waals surface area (Å²) in [4.78, 5) is 44.5. The molecule has 2 unspecified atom stereocenters. The van der Waals surface area contributed by atoms with Crippen LogP contribution in [0.25, 0.3) is 0 Å². The summed E-state index contributed by atoms with van der Waals surface area (Å²) in [5.41, 5.74) is 0.191. The number of aryl methyl sites for hydroxylation is 2. The summed E-state index contributed by atoms with van der Waals surface area (Å²) in [7, 11) is -1.65. The number of Topliss-reactive ketones (excluding diaryl/α,β-unsaturated/α-hetero) is 1. The van der Waals surface area contributed by atoms with E-state index in [2.05, 4.69) is 20.7 Å². The van der Waals surface area contributed by atoms with E-state index in [0.717, 1.165) is 5.69 Å². The van der Waals surface area contributed by atoms with Gasteiger partial charge in [-0.2, -0.15) is 5.26 Å². The molecule has 1 fully saturated rings. The fourth-order valence-corrected chi connectivity index (χ4v) is 6.95. The largest absolute Gasteiger partial charge is 0.370 e. The number of pyridine rings is 1. The van der Waals surface area contributed by atoms with Gasteiger partial charge in [-0.05, 0) is 66.0 Å². The molecule has 0 bridgehead atoms. The SMILES string of the molecule is CC[C@H]1O[C@@H](n2cc(C)c(=O)[nH]c2=O)[C@@H](OCCC(=O)CCCc2ccccn2)C1OP(OCCC#N)N(C(C)C)C(C)C. The van der Waals surface area contributed by atoms with Gasteiger partial charge in [0.15, 0.2) is 6.23 Å². The quantitative estimate of drug-likeness (QED) is 0.183. The first kappa shape index (κ1) is 35.7. The third-order valence-corrected chi connectivity index (χ3v) is 9.42. The molecule has 1 aliphatic heterocycles. The number of H-pyrrole nitrogens is 1. The lowest BCUT2D eigenvalue weighted by Crippen LogP contribution is -2.42. The van der Waals surface area contributed by atoms with E-state index in [1.54, 1.807) is 13.1 Å². The molecule has 1 saturated heterocycles. The highest BCUT2D eigenvalue weighted by Crippen LogP contribution is 2.50. The van der Waals surface area contributed by atoms with E-state index in [-0.39, 0.29) is 43.9 Å². The Bertz CT molecular complexity index is 1340. The molecule has 5 atom stereocenters. The second kappa shape index (κ2) is 17.6. The molecule has 13 heteroatoms. The molecule has 1 N–H and O–H groups in total. The van der Waals surface area contributed by atoms with Gasteiger partial charge < -0.3 is 18.5 Å². The van der Waals surface area contributed by atoms with Crippen LogP contribution in [0.4, 0.5) is 0 Å². The van der Waals surface area contributed by atoms with Crippen LogP contribution in [0.5, 0.6) is 0 Å². The smallest absolute Gasteiger partial charge is 0.330 e. The van der Waals surface area contributed by atoms with Crippen LogP contribution in [0.1, 0.15) is 84.2 Å². The number of ketones is 1. The van der Waals surface area contributed by atoms with Crippen LogP contribution in [-0.2, 0) is 29.7 Å². The van der Waals surface area contributed by atoms with E-state index in [1.165, 1.54) is 10.8 Å². The van der Waals surface area contributed by atoms with E-state index in [0.29, 0.717) is 31.2 Å². The Kier molecular flexibility index (Phi) is 14.3. The van der Waals surface area contributed by atoms with Crippen molar-refractivity contribution in [2.45, 2.75) is 117 Å². The summed E-state index contributed by atoms with van der Waals surface area (Å²) in [6.07, 6.45) is 3.13. The van der Waals surface area contributed by atoms with Crippen molar-refractivity contribution in [3.05, 3.63) is 62.7 Å². The van der Waals surface area contributed by atoms with Gasteiger partial charge in [-0.15, -0.1) is 0 Å². The Hall–Kier alpha value is -2.78. The number of nitriles is 1. The van der Waals surface area contributed by atoms with Gasteiger partial charge in [0.25, 0.3) is 14.1 Å². The maximum Gasteiger partial charge on any atom is 0.330 e. The van der Waals surface area contributed by atoms with E-state index in [1.807, 2.05) is 52.8 Å². The normalized spacial score (nSPS) is 20.8. The fraction of sp³-hybridized carbons (Fsp3) is 0.645. The molecular formula is C31H46N5O7P. The summed E-state index contributed by atoms with van der Waals surface area (Å²) < 4.78 is 29.0. The van der Waals surface area contributed by atoms with E-state index in [4.69, 9.17) is 23.8 Å². The molecule has 1 aliphatic rings. The van der Waals surface area contributed by atoms with Crippen molar-refractivity contribution < 1.29 is 23.3 Å². The second-order valence-corrected chi connectivity index (χ2v) is 12.8. The van der Waals surface area contributed by atoms with E-state index < -0.39 is 44.3 Å². The topological polar surface area (TPSA) is 149 Å². The highest BCUT2D eigenvalue weighted by atomic mass is 31.2. The number of nitrogens with zero attached hydrogens (tertiary/aromatic N) is 4. The molecule has 0 aliphatic carbocycles. The average molecular weight is 632 g/mol. The van der Waals surface area contributed by atoms with Crippen LogP contribution >= 0.6 is 8.53 Å². The maximum absolute atomic E-state index is 12.9. The third-order valence-electron chi connectivity index (χ3n) is 7.29. The van der Waals surface area contributed by atoms with Crippen LogP contribution < -0.4 is 11.2 Å².